The fraction of sp³-hybridized carbons (Fsp3) is 0.364. The second-order valence-electron chi connectivity index (χ2n) is 3.63. The summed E-state index contributed by atoms with van der Waals surface area (Å²) >= 11 is 0. The first-order valence-corrected chi connectivity index (χ1v) is 4.98. The zero-order chi connectivity index (χ0) is 12.1. The second-order valence-corrected chi connectivity index (χ2v) is 3.63. The molecule has 88 valence electrons. The molecule has 1 aromatic carbocycles. The van der Waals surface area contributed by atoms with Gasteiger partial charge in [0, 0.05) is 6.54 Å². The van der Waals surface area contributed by atoms with Crippen molar-refractivity contribution in [3.05, 3.63) is 35.4 Å². The van der Waals surface area contributed by atoms with Gasteiger partial charge >= 0.3 is 0 Å². The van der Waals surface area contributed by atoms with Gasteiger partial charge in [0.15, 0.2) is 0 Å². The highest BCUT2D eigenvalue weighted by molar-refractivity contribution is 5.74. The third-order valence-corrected chi connectivity index (χ3v) is 2.33. The van der Waals surface area contributed by atoms with E-state index in [9.17, 15) is 15.0 Å². The van der Waals surface area contributed by atoms with Crippen molar-refractivity contribution in [2.24, 2.45) is 11.5 Å². The maximum absolute atomic E-state index is 10.6. The van der Waals surface area contributed by atoms with E-state index in [2.05, 4.69) is 0 Å². The van der Waals surface area contributed by atoms with E-state index >= 15 is 0 Å². The third-order valence-electron chi connectivity index (χ3n) is 2.33. The molecule has 0 aliphatic carbocycles. The molecule has 5 heteroatoms. The minimum atomic E-state index is -1.18. The molecule has 2 unspecified atom stereocenters. The summed E-state index contributed by atoms with van der Waals surface area (Å²) < 4.78 is 0. The summed E-state index contributed by atoms with van der Waals surface area (Å²) in [5.74, 6) is -0.648. The van der Waals surface area contributed by atoms with E-state index in [0.717, 1.165) is 5.56 Å². The van der Waals surface area contributed by atoms with Crippen molar-refractivity contribution in [1.29, 1.82) is 0 Å². The number of carbonyl (C=O) groups excluding carboxylic acids is 1. The van der Waals surface area contributed by atoms with Gasteiger partial charge in [-0.3, -0.25) is 4.79 Å². The van der Waals surface area contributed by atoms with E-state index in [-0.39, 0.29) is 6.42 Å². The summed E-state index contributed by atoms with van der Waals surface area (Å²) in [5.41, 5.74) is 11.8. The van der Waals surface area contributed by atoms with Crippen molar-refractivity contribution in [3.63, 3.8) is 0 Å². The Bertz CT molecular complexity index is 351. The van der Waals surface area contributed by atoms with Crippen molar-refractivity contribution >= 4 is 5.91 Å². The van der Waals surface area contributed by atoms with Crippen LogP contribution in [0.3, 0.4) is 0 Å². The molecule has 0 saturated heterocycles. The van der Waals surface area contributed by atoms with E-state index in [1.54, 1.807) is 24.3 Å². The van der Waals surface area contributed by atoms with Crippen LogP contribution in [0, 0.1) is 0 Å². The molecule has 1 rings (SSSR count). The van der Waals surface area contributed by atoms with Gasteiger partial charge in [-0.05, 0) is 11.1 Å². The largest absolute Gasteiger partial charge is 0.390 e. The molecule has 6 N–H and O–H groups in total. The Morgan fingerprint density at radius 1 is 1.25 bits per heavy atom. The molecule has 5 nitrogen and oxygen atoms in total. The number of benzene rings is 1. The molecule has 0 radical (unpaired) electrons. The van der Waals surface area contributed by atoms with Crippen LogP contribution in [0.25, 0.3) is 0 Å². The van der Waals surface area contributed by atoms with E-state index in [1.807, 2.05) is 0 Å². The summed E-state index contributed by atoms with van der Waals surface area (Å²) in [5, 5.41) is 19.2. The first kappa shape index (κ1) is 12.6. The van der Waals surface area contributed by atoms with Gasteiger partial charge in [-0.25, -0.2) is 0 Å². The Balaban J connectivity index is 2.71. The predicted molar refractivity (Wildman–Crippen MR) is 59.1 cm³/mol. The van der Waals surface area contributed by atoms with Gasteiger partial charge in [-0.2, -0.15) is 0 Å². The van der Waals surface area contributed by atoms with Gasteiger partial charge in [0.1, 0.15) is 6.10 Å². The average Bonchev–Trinajstić information content (AvgIpc) is 2.27. The molecule has 1 amide bonds. The summed E-state index contributed by atoms with van der Waals surface area (Å²) in [6, 6.07) is 6.85. The molecule has 0 heterocycles. The molecule has 16 heavy (non-hydrogen) atoms. The van der Waals surface area contributed by atoms with Crippen LogP contribution in [-0.2, 0) is 11.3 Å². The molecule has 0 spiro atoms. The molecular weight excluding hydrogens is 208 g/mol. The lowest BCUT2D eigenvalue weighted by atomic mass is 10.0. The van der Waals surface area contributed by atoms with Crippen LogP contribution in [0.5, 0.6) is 0 Å². The highest BCUT2D eigenvalue weighted by Crippen LogP contribution is 2.19. The number of amides is 1. The zero-order valence-corrected chi connectivity index (χ0v) is 8.84. The van der Waals surface area contributed by atoms with Gasteiger partial charge < -0.3 is 21.7 Å². The molecule has 0 saturated carbocycles. The summed E-state index contributed by atoms with van der Waals surface area (Å²) in [4.78, 5) is 10.6. The number of hydrogen-bond acceptors (Lipinski definition) is 4. The lowest BCUT2D eigenvalue weighted by Gasteiger charge is -2.16. The van der Waals surface area contributed by atoms with Crippen LogP contribution in [0.4, 0.5) is 0 Å². The Labute approximate surface area is 93.7 Å². The van der Waals surface area contributed by atoms with Crippen LogP contribution >= 0.6 is 0 Å². The van der Waals surface area contributed by atoms with Gasteiger partial charge in [-0.1, -0.05) is 24.3 Å². The first-order chi connectivity index (χ1) is 7.54. The van der Waals surface area contributed by atoms with E-state index in [4.69, 9.17) is 11.5 Å². The number of hydrogen-bond donors (Lipinski definition) is 4. The normalized spacial score (nSPS) is 14.4. The van der Waals surface area contributed by atoms with Crippen LogP contribution in [0.2, 0.25) is 0 Å². The number of aliphatic hydroxyl groups excluding tert-OH is 2. The fourth-order valence-electron chi connectivity index (χ4n) is 1.39. The number of primary amides is 1. The minimum Gasteiger partial charge on any atom is -0.390 e. The lowest BCUT2D eigenvalue weighted by Crippen LogP contribution is -2.25. The number of rotatable bonds is 5. The smallest absolute Gasteiger partial charge is 0.220 e. The zero-order valence-electron chi connectivity index (χ0n) is 8.84. The molecule has 1 aromatic rings. The van der Waals surface area contributed by atoms with Crippen LogP contribution in [0.1, 0.15) is 23.7 Å². The van der Waals surface area contributed by atoms with Gasteiger partial charge in [0.25, 0.3) is 0 Å². The maximum Gasteiger partial charge on any atom is 0.220 e. The Morgan fingerprint density at radius 2 is 1.81 bits per heavy atom. The van der Waals surface area contributed by atoms with Crippen molar-refractivity contribution in [2.75, 3.05) is 0 Å². The number of aliphatic hydroxyl groups is 2. The van der Waals surface area contributed by atoms with Crippen LogP contribution < -0.4 is 11.5 Å². The minimum absolute atomic E-state index is 0.264. The predicted octanol–water partition coefficient (Wildman–Crippen LogP) is -0.585. The van der Waals surface area contributed by atoms with Crippen LogP contribution in [0.15, 0.2) is 24.3 Å². The van der Waals surface area contributed by atoms with Gasteiger partial charge in [0.2, 0.25) is 5.91 Å². The quantitative estimate of drug-likeness (QED) is 0.536. The van der Waals surface area contributed by atoms with Crippen molar-refractivity contribution in [3.8, 4) is 0 Å². The van der Waals surface area contributed by atoms with E-state index in [1.165, 1.54) is 0 Å². The molecule has 0 aliphatic rings. The second kappa shape index (κ2) is 5.60. The Morgan fingerprint density at radius 3 is 2.25 bits per heavy atom. The standard InChI is InChI=1S/C11H16N2O3/c12-6-7-1-3-8(4-2-7)11(16)9(14)5-10(13)15/h1-4,9,11,14,16H,5-6,12H2,(H2,13,15). The highest BCUT2D eigenvalue weighted by atomic mass is 16.3. The lowest BCUT2D eigenvalue weighted by molar-refractivity contribution is -0.121. The molecule has 0 fully saturated rings. The van der Waals surface area contributed by atoms with Gasteiger partial charge in [-0.15, -0.1) is 0 Å². The van der Waals surface area contributed by atoms with Crippen molar-refractivity contribution < 1.29 is 15.0 Å². The summed E-state index contributed by atoms with van der Waals surface area (Å²) in [6.07, 6.45) is -2.56. The van der Waals surface area contributed by atoms with E-state index in [0.29, 0.717) is 12.1 Å². The Kier molecular flexibility index (Phi) is 4.42. The highest BCUT2D eigenvalue weighted by Gasteiger charge is 2.19. The maximum atomic E-state index is 10.6. The molecule has 0 bridgehead atoms. The van der Waals surface area contributed by atoms with E-state index < -0.39 is 18.1 Å². The van der Waals surface area contributed by atoms with Crippen LogP contribution in [-0.4, -0.2) is 22.2 Å². The summed E-state index contributed by atoms with van der Waals surface area (Å²) in [7, 11) is 0. The molecule has 2 atom stereocenters. The third kappa shape index (κ3) is 3.30. The summed E-state index contributed by atoms with van der Waals surface area (Å²) in [6.45, 7) is 0.417. The average molecular weight is 224 g/mol. The van der Waals surface area contributed by atoms with Gasteiger partial charge in [0.05, 0.1) is 12.5 Å². The van der Waals surface area contributed by atoms with Crippen molar-refractivity contribution in [1.82, 2.24) is 0 Å². The topological polar surface area (TPSA) is 110 Å². The number of carbonyl (C=O) groups is 1. The van der Waals surface area contributed by atoms with Crippen molar-refractivity contribution in [2.45, 2.75) is 25.2 Å². The molecular formula is C11H16N2O3. The molecule has 0 aliphatic heterocycles. The number of nitrogens with two attached hydrogens (primary N) is 2. The fourth-order valence-corrected chi connectivity index (χ4v) is 1.39. The monoisotopic (exact) mass is 224 g/mol. The molecule has 0 aromatic heterocycles. The Hall–Kier alpha value is -1.43. The first-order valence-electron chi connectivity index (χ1n) is 4.98. The SMILES string of the molecule is NCc1ccc(C(O)C(O)CC(N)=O)cc1.